The fourth-order valence-electron chi connectivity index (χ4n) is 3.08. The number of hydrogen-bond acceptors (Lipinski definition) is 5. The third kappa shape index (κ3) is 2.32. The molecule has 1 N–H and O–H groups in total. The van der Waals surface area contributed by atoms with Gasteiger partial charge in [-0.2, -0.15) is 17.2 Å². The van der Waals surface area contributed by atoms with Crippen molar-refractivity contribution in [1.82, 2.24) is 0 Å². The zero-order chi connectivity index (χ0) is 15.3. The van der Waals surface area contributed by atoms with Crippen LogP contribution in [0.5, 0.6) is 0 Å². The molecule has 3 atom stereocenters. The molecule has 2 saturated carbocycles. The Morgan fingerprint density at radius 1 is 1.45 bits per heavy atom. The molecule has 6 nitrogen and oxygen atoms in total. The van der Waals surface area contributed by atoms with E-state index in [0.29, 0.717) is 6.42 Å². The Morgan fingerprint density at radius 3 is 2.60 bits per heavy atom. The second-order valence-corrected chi connectivity index (χ2v) is 6.97. The zero-order valence-electron chi connectivity index (χ0n) is 10.6. The molecule has 0 aromatic rings. The minimum Gasteiger partial charge on any atom is -0.454 e. The molecule has 114 valence electrons. The van der Waals surface area contributed by atoms with Crippen LogP contribution in [-0.2, 0) is 24.4 Å². The van der Waals surface area contributed by atoms with Crippen molar-refractivity contribution in [3.05, 3.63) is 0 Å². The Morgan fingerprint density at radius 2 is 2.05 bits per heavy atom. The average molecular weight is 312 g/mol. The molecule has 20 heavy (non-hydrogen) atoms. The smallest absolute Gasteiger partial charge is 0.454 e. The molecule has 2 bridgehead atoms. The highest BCUT2D eigenvalue weighted by Gasteiger charge is 2.59. The Bertz CT molecular complexity index is 557. The lowest BCUT2D eigenvalue weighted by Gasteiger charge is -2.35. The van der Waals surface area contributed by atoms with Gasteiger partial charge in [0.25, 0.3) is 0 Å². The second kappa shape index (κ2) is 4.45. The lowest BCUT2D eigenvalue weighted by atomic mass is 9.78. The number of alkyl halides is 2. The first kappa shape index (κ1) is 15.3. The van der Waals surface area contributed by atoms with Crippen molar-refractivity contribution in [2.75, 3.05) is 0 Å². The molecule has 0 amide bonds. The van der Waals surface area contributed by atoms with Gasteiger partial charge in [0, 0.05) is 11.8 Å². The first-order valence-electron chi connectivity index (χ1n) is 6.10. The SMILES string of the molecule is CC1CC2(OC(=O)C(F)(F)S(=O)(=O)O)CCC(C2)C1=O. The molecule has 2 fully saturated rings. The second-order valence-electron chi connectivity index (χ2n) is 5.51. The first-order chi connectivity index (χ1) is 8.98. The van der Waals surface area contributed by atoms with Crippen LogP contribution < -0.4 is 0 Å². The molecule has 2 aliphatic carbocycles. The lowest BCUT2D eigenvalue weighted by molar-refractivity contribution is -0.181. The van der Waals surface area contributed by atoms with Crippen LogP contribution in [-0.4, -0.2) is 35.6 Å². The predicted molar refractivity (Wildman–Crippen MR) is 61.4 cm³/mol. The van der Waals surface area contributed by atoms with E-state index in [4.69, 9.17) is 9.29 Å². The molecule has 0 aromatic heterocycles. The Hall–Kier alpha value is -1.09. The largest absolute Gasteiger partial charge is 0.465 e. The number of rotatable bonds is 3. The van der Waals surface area contributed by atoms with Gasteiger partial charge in [-0.05, 0) is 25.7 Å². The molecular formula is C11H14F2O6S. The molecule has 3 unspecified atom stereocenters. The van der Waals surface area contributed by atoms with Crippen molar-refractivity contribution in [2.45, 2.75) is 43.5 Å². The third-order valence-electron chi connectivity index (χ3n) is 4.00. The summed E-state index contributed by atoms with van der Waals surface area (Å²) in [4.78, 5) is 23.1. The molecule has 0 saturated heterocycles. The average Bonchev–Trinajstić information content (AvgIpc) is 2.65. The van der Waals surface area contributed by atoms with Crippen LogP contribution in [0.4, 0.5) is 8.78 Å². The summed E-state index contributed by atoms with van der Waals surface area (Å²) in [5, 5.41) is -5.00. The maximum Gasteiger partial charge on any atom is 0.465 e. The molecule has 0 aliphatic heterocycles. The number of ketones is 1. The number of halogens is 2. The third-order valence-corrected chi connectivity index (χ3v) is 4.82. The number of fused-ring (bicyclic) bond motifs is 2. The topological polar surface area (TPSA) is 97.7 Å². The highest BCUT2D eigenvalue weighted by Crippen LogP contribution is 2.48. The summed E-state index contributed by atoms with van der Waals surface area (Å²) in [5.41, 5.74) is -1.23. The number of esters is 1. The number of Topliss-reactive ketones (excluding diaryl/α,β-unsaturated/α-hetero) is 1. The predicted octanol–water partition coefficient (Wildman–Crippen LogP) is 1.16. The minimum absolute atomic E-state index is 0.00992. The summed E-state index contributed by atoms with van der Waals surface area (Å²) in [6, 6.07) is 0. The summed E-state index contributed by atoms with van der Waals surface area (Å²) >= 11 is 0. The van der Waals surface area contributed by atoms with Gasteiger partial charge in [0.05, 0.1) is 0 Å². The van der Waals surface area contributed by atoms with Gasteiger partial charge < -0.3 is 4.74 Å². The van der Waals surface area contributed by atoms with Gasteiger partial charge in [-0.15, -0.1) is 0 Å². The monoisotopic (exact) mass is 312 g/mol. The molecule has 0 heterocycles. The van der Waals surface area contributed by atoms with Crippen LogP contribution >= 0.6 is 0 Å². The van der Waals surface area contributed by atoms with E-state index in [2.05, 4.69) is 0 Å². The van der Waals surface area contributed by atoms with Crippen LogP contribution in [0.2, 0.25) is 0 Å². The highest BCUT2D eigenvalue weighted by atomic mass is 32.2. The standard InChI is InChI=1S/C11H14F2O6S/c1-6-4-10(3-2-7(5-10)8(6)14)19-9(15)11(12,13)20(16,17)18/h6-7H,2-5H2,1H3,(H,16,17,18). The van der Waals surface area contributed by atoms with E-state index >= 15 is 0 Å². The van der Waals surface area contributed by atoms with Crippen LogP contribution in [0.15, 0.2) is 0 Å². The maximum absolute atomic E-state index is 13.2. The Kier molecular flexibility index (Phi) is 3.41. The summed E-state index contributed by atoms with van der Waals surface area (Å²) in [6.45, 7) is 1.61. The summed E-state index contributed by atoms with van der Waals surface area (Å²) in [7, 11) is -5.87. The number of ether oxygens (including phenoxy) is 1. The number of hydrogen-bond donors (Lipinski definition) is 1. The van der Waals surface area contributed by atoms with Crippen LogP contribution in [0, 0.1) is 11.8 Å². The van der Waals surface area contributed by atoms with Crippen molar-refractivity contribution in [3.63, 3.8) is 0 Å². The molecule has 2 rings (SSSR count). The summed E-state index contributed by atoms with van der Waals surface area (Å²) in [6.07, 6.45) is 0.883. The van der Waals surface area contributed by atoms with E-state index < -0.39 is 32.9 Å². The van der Waals surface area contributed by atoms with Crippen LogP contribution in [0.1, 0.15) is 32.6 Å². The number of carbonyl (C=O) groups excluding carboxylic acids is 2. The first-order valence-corrected chi connectivity index (χ1v) is 7.54. The van der Waals surface area contributed by atoms with Crippen molar-refractivity contribution in [1.29, 1.82) is 0 Å². The zero-order valence-corrected chi connectivity index (χ0v) is 11.5. The van der Waals surface area contributed by atoms with E-state index in [0.717, 1.165) is 0 Å². The van der Waals surface area contributed by atoms with Crippen molar-refractivity contribution in [2.24, 2.45) is 11.8 Å². The highest BCUT2D eigenvalue weighted by molar-refractivity contribution is 7.87. The molecular weight excluding hydrogens is 298 g/mol. The van der Waals surface area contributed by atoms with Gasteiger partial charge >= 0.3 is 21.3 Å². The van der Waals surface area contributed by atoms with E-state index in [1.54, 1.807) is 6.92 Å². The van der Waals surface area contributed by atoms with Crippen molar-refractivity contribution in [3.8, 4) is 0 Å². The normalized spacial score (nSPS) is 34.1. The fourth-order valence-corrected chi connectivity index (χ4v) is 3.33. The molecule has 0 aromatic carbocycles. The van der Waals surface area contributed by atoms with Gasteiger partial charge in [0.2, 0.25) is 0 Å². The molecule has 0 radical (unpaired) electrons. The van der Waals surface area contributed by atoms with Gasteiger partial charge in [0.1, 0.15) is 11.4 Å². The van der Waals surface area contributed by atoms with Crippen molar-refractivity contribution >= 4 is 21.9 Å². The lowest BCUT2D eigenvalue weighted by Crippen LogP contribution is -2.47. The molecule has 2 aliphatic rings. The molecule has 0 spiro atoms. The minimum atomic E-state index is -5.87. The number of carbonyl (C=O) groups is 2. The van der Waals surface area contributed by atoms with E-state index in [9.17, 15) is 26.8 Å². The fraction of sp³-hybridized carbons (Fsp3) is 0.818. The molecule has 9 heteroatoms. The van der Waals surface area contributed by atoms with Gasteiger partial charge in [-0.3, -0.25) is 9.35 Å². The van der Waals surface area contributed by atoms with Gasteiger partial charge in [-0.1, -0.05) is 6.92 Å². The van der Waals surface area contributed by atoms with Crippen molar-refractivity contribution < 1.29 is 36.1 Å². The summed E-state index contributed by atoms with van der Waals surface area (Å²) in [5.74, 6) is -3.05. The van der Waals surface area contributed by atoms with E-state index in [1.807, 2.05) is 0 Å². The Labute approximate surface area is 114 Å². The van der Waals surface area contributed by atoms with E-state index in [1.165, 1.54) is 0 Å². The van der Waals surface area contributed by atoms with Gasteiger partial charge in [-0.25, -0.2) is 4.79 Å². The van der Waals surface area contributed by atoms with Gasteiger partial charge in [0.15, 0.2) is 0 Å². The van der Waals surface area contributed by atoms with Crippen LogP contribution in [0.25, 0.3) is 0 Å². The quantitative estimate of drug-likeness (QED) is 0.620. The van der Waals surface area contributed by atoms with E-state index in [-0.39, 0.29) is 31.0 Å². The maximum atomic E-state index is 13.2. The summed E-state index contributed by atoms with van der Waals surface area (Å²) < 4.78 is 60.5. The Balaban J connectivity index is 2.19. The van der Waals surface area contributed by atoms with Crippen LogP contribution in [0.3, 0.4) is 0 Å².